The first-order chi connectivity index (χ1) is 8.69. The number of halogens is 2. The van der Waals surface area contributed by atoms with Gasteiger partial charge in [0.1, 0.15) is 5.82 Å². The first kappa shape index (κ1) is 15.4. The summed E-state index contributed by atoms with van der Waals surface area (Å²) in [5, 5.41) is 0. The van der Waals surface area contributed by atoms with E-state index in [1.807, 2.05) is 34.0 Å². The van der Waals surface area contributed by atoms with Crippen LogP contribution < -0.4 is 5.46 Å². The Balaban J connectivity index is 2.45. The number of rotatable bonds is 2. The van der Waals surface area contributed by atoms with Crippen molar-refractivity contribution in [3.63, 3.8) is 0 Å². The standard InChI is InChI=1S/C13H17BBrFO2S/c1-12(2)13(3,4)18-14(17-12)10-8(16)6-7-9(19-5)11(10)15/h6-7H,1-5H3. The Morgan fingerprint density at radius 3 is 2.16 bits per heavy atom. The lowest BCUT2D eigenvalue weighted by atomic mass is 9.78. The topological polar surface area (TPSA) is 18.5 Å². The number of benzene rings is 1. The van der Waals surface area contributed by atoms with E-state index in [0.717, 1.165) is 4.90 Å². The Kier molecular flexibility index (Phi) is 4.09. The minimum atomic E-state index is -0.688. The van der Waals surface area contributed by atoms with Gasteiger partial charge in [-0.2, -0.15) is 0 Å². The molecule has 2 nitrogen and oxygen atoms in total. The Labute approximate surface area is 126 Å². The smallest absolute Gasteiger partial charge is 0.399 e. The average molecular weight is 347 g/mol. The zero-order chi connectivity index (χ0) is 14.4. The SMILES string of the molecule is CSc1ccc(F)c(B2OC(C)(C)C(C)(C)O2)c1Br. The van der Waals surface area contributed by atoms with Crippen molar-refractivity contribution in [2.45, 2.75) is 43.8 Å². The van der Waals surface area contributed by atoms with Crippen molar-refractivity contribution in [1.82, 2.24) is 0 Å². The van der Waals surface area contributed by atoms with Crippen LogP contribution in [0.3, 0.4) is 0 Å². The minimum Gasteiger partial charge on any atom is -0.399 e. The Morgan fingerprint density at radius 1 is 1.16 bits per heavy atom. The summed E-state index contributed by atoms with van der Waals surface area (Å²) in [4.78, 5) is 0.964. The van der Waals surface area contributed by atoms with Crippen molar-refractivity contribution in [2.75, 3.05) is 6.26 Å². The van der Waals surface area contributed by atoms with Gasteiger partial charge in [-0.15, -0.1) is 11.8 Å². The zero-order valence-corrected chi connectivity index (χ0v) is 14.1. The monoisotopic (exact) mass is 346 g/mol. The van der Waals surface area contributed by atoms with Crippen LogP contribution in [0.1, 0.15) is 27.7 Å². The third-order valence-electron chi connectivity index (χ3n) is 3.80. The summed E-state index contributed by atoms with van der Waals surface area (Å²) in [5.74, 6) is -0.317. The Bertz CT molecular complexity index is 492. The van der Waals surface area contributed by atoms with Gasteiger partial charge in [-0.3, -0.25) is 0 Å². The second-order valence-corrected chi connectivity index (χ2v) is 7.21. The van der Waals surface area contributed by atoms with Crippen LogP contribution in [0.5, 0.6) is 0 Å². The van der Waals surface area contributed by atoms with E-state index in [0.29, 0.717) is 9.94 Å². The van der Waals surface area contributed by atoms with Crippen LogP contribution in [-0.4, -0.2) is 24.6 Å². The second-order valence-electron chi connectivity index (χ2n) is 5.57. The molecular weight excluding hydrogens is 330 g/mol. The molecular formula is C13H17BBrFO2S. The van der Waals surface area contributed by atoms with Gasteiger partial charge in [0, 0.05) is 14.8 Å². The van der Waals surface area contributed by atoms with Crippen molar-refractivity contribution < 1.29 is 13.7 Å². The van der Waals surface area contributed by atoms with Gasteiger partial charge in [0.05, 0.1) is 11.2 Å². The molecule has 0 spiro atoms. The molecule has 1 fully saturated rings. The fourth-order valence-corrected chi connectivity index (χ4v) is 3.37. The minimum absolute atomic E-state index is 0.317. The van der Waals surface area contributed by atoms with E-state index >= 15 is 0 Å². The summed E-state index contributed by atoms with van der Waals surface area (Å²) < 4.78 is 26.6. The maximum absolute atomic E-state index is 14.1. The normalized spacial score (nSPS) is 20.9. The molecule has 0 unspecified atom stereocenters. The van der Waals surface area contributed by atoms with Crippen LogP contribution in [0, 0.1) is 5.82 Å². The molecule has 0 aliphatic carbocycles. The lowest BCUT2D eigenvalue weighted by Gasteiger charge is -2.32. The number of hydrogen-bond acceptors (Lipinski definition) is 3. The summed E-state index contributed by atoms with van der Waals surface area (Å²) in [6, 6.07) is 3.20. The van der Waals surface area contributed by atoms with Gasteiger partial charge >= 0.3 is 7.12 Å². The Morgan fingerprint density at radius 2 is 1.68 bits per heavy atom. The van der Waals surface area contributed by atoms with Crippen LogP contribution in [-0.2, 0) is 9.31 Å². The third-order valence-corrected chi connectivity index (χ3v) is 5.70. The molecule has 19 heavy (non-hydrogen) atoms. The van der Waals surface area contributed by atoms with E-state index in [2.05, 4.69) is 15.9 Å². The third kappa shape index (κ3) is 2.60. The van der Waals surface area contributed by atoms with Gasteiger partial charge in [-0.25, -0.2) is 4.39 Å². The van der Waals surface area contributed by atoms with Gasteiger partial charge in [-0.1, -0.05) is 0 Å². The van der Waals surface area contributed by atoms with E-state index in [4.69, 9.17) is 9.31 Å². The van der Waals surface area contributed by atoms with Gasteiger partial charge in [0.15, 0.2) is 0 Å². The number of hydrogen-bond donors (Lipinski definition) is 0. The lowest BCUT2D eigenvalue weighted by Crippen LogP contribution is -2.41. The molecule has 0 radical (unpaired) electrons. The van der Waals surface area contributed by atoms with Gasteiger partial charge < -0.3 is 9.31 Å². The molecule has 0 amide bonds. The predicted octanol–water partition coefficient (Wildman–Crippen LogP) is 3.61. The molecule has 104 valence electrons. The highest BCUT2D eigenvalue weighted by Gasteiger charge is 2.53. The van der Waals surface area contributed by atoms with Crippen molar-refractivity contribution in [3.05, 3.63) is 22.4 Å². The predicted molar refractivity (Wildman–Crippen MR) is 81.6 cm³/mol. The van der Waals surface area contributed by atoms with Crippen LogP contribution >= 0.6 is 27.7 Å². The van der Waals surface area contributed by atoms with Crippen molar-refractivity contribution in [1.29, 1.82) is 0 Å². The Hall–Kier alpha value is -0.0351. The second kappa shape index (κ2) is 5.06. The molecule has 0 bridgehead atoms. The maximum atomic E-state index is 14.1. The molecule has 1 aliphatic heterocycles. The molecule has 1 aromatic carbocycles. The molecule has 1 heterocycles. The zero-order valence-electron chi connectivity index (χ0n) is 11.7. The summed E-state index contributed by atoms with van der Waals surface area (Å²) in [5.41, 5.74) is -0.511. The number of thioether (sulfide) groups is 1. The quantitative estimate of drug-likeness (QED) is 0.602. The van der Waals surface area contributed by atoms with Gasteiger partial charge in [0.2, 0.25) is 0 Å². The van der Waals surface area contributed by atoms with Crippen molar-refractivity contribution >= 4 is 40.3 Å². The van der Waals surface area contributed by atoms with Crippen LogP contribution in [0.25, 0.3) is 0 Å². The molecule has 2 rings (SSSR count). The van der Waals surface area contributed by atoms with E-state index in [9.17, 15) is 4.39 Å². The summed E-state index contributed by atoms with van der Waals surface area (Å²) >= 11 is 5.01. The van der Waals surface area contributed by atoms with Crippen LogP contribution in [0.15, 0.2) is 21.5 Å². The molecule has 1 aliphatic rings. The van der Waals surface area contributed by atoms with Crippen molar-refractivity contribution in [2.24, 2.45) is 0 Å². The first-order valence-electron chi connectivity index (χ1n) is 6.07. The molecule has 0 atom stereocenters. The molecule has 6 heteroatoms. The van der Waals surface area contributed by atoms with E-state index in [1.165, 1.54) is 6.07 Å². The van der Waals surface area contributed by atoms with Gasteiger partial charge in [-0.05, 0) is 62.0 Å². The largest absolute Gasteiger partial charge is 0.499 e. The van der Waals surface area contributed by atoms with Gasteiger partial charge in [0.25, 0.3) is 0 Å². The van der Waals surface area contributed by atoms with E-state index in [-0.39, 0.29) is 5.82 Å². The van der Waals surface area contributed by atoms with Crippen LogP contribution in [0.2, 0.25) is 0 Å². The lowest BCUT2D eigenvalue weighted by molar-refractivity contribution is 0.00578. The highest BCUT2D eigenvalue weighted by atomic mass is 79.9. The van der Waals surface area contributed by atoms with Crippen molar-refractivity contribution in [3.8, 4) is 0 Å². The van der Waals surface area contributed by atoms with Crippen LogP contribution in [0.4, 0.5) is 4.39 Å². The van der Waals surface area contributed by atoms with E-state index < -0.39 is 18.3 Å². The average Bonchev–Trinajstić information content (AvgIpc) is 2.48. The fraction of sp³-hybridized carbons (Fsp3) is 0.538. The molecule has 1 aromatic rings. The van der Waals surface area contributed by atoms with E-state index in [1.54, 1.807) is 17.8 Å². The molecule has 0 N–H and O–H groups in total. The molecule has 0 saturated carbocycles. The highest BCUT2D eigenvalue weighted by Crippen LogP contribution is 2.38. The summed E-state index contributed by atoms with van der Waals surface area (Å²) in [7, 11) is -0.688. The molecule has 0 aromatic heterocycles. The maximum Gasteiger partial charge on any atom is 0.499 e. The molecule has 1 saturated heterocycles. The summed E-state index contributed by atoms with van der Waals surface area (Å²) in [6.45, 7) is 7.82. The highest BCUT2D eigenvalue weighted by molar-refractivity contribution is 9.10. The summed E-state index contributed by atoms with van der Waals surface area (Å²) in [6.07, 6.45) is 1.95. The fourth-order valence-electron chi connectivity index (χ4n) is 1.88. The first-order valence-corrected chi connectivity index (χ1v) is 8.09.